The molecule has 0 spiro atoms. The van der Waals surface area contributed by atoms with E-state index in [0.29, 0.717) is 12.1 Å². The second-order valence-corrected chi connectivity index (χ2v) is 5.60. The van der Waals surface area contributed by atoms with Crippen molar-refractivity contribution in [2.75, 3.05) is 0 Å². The Hall–Kier alpha value is -1.32. The van der Waals surface area contributed by atoms with Crippen LogP contribution in [0.4, 0.5) is 0 Å². The lowest BCUT2D eigenvalue weighted by molar-refractivity contribution is -0.137. The second-order valence-electron chi connectivity index (χ2n) is 5.60. The number of amides is 1. The number of carbonyl (C=O) groups is 1. The molecular weight excluding hydrogens is 226 g/mol. The molecule has 2 aliphatic rings. The third kappa shape index (κ3) is 2.16. The number of imidazole rings is 1. The van der Waals surface area contributed by atoms with Gasteiger partial charge in [0, 0.05) is 24.5 Å². The van der Waals surface area contributed by atoms with Gasteiger partial charge in [-0.15, -0.1) is 0 Å². The molecule has 2 fully saturated rings. The van der Waals surface area contributed by atoms with Crippen molar-refractivity contribution in [3.63, 3.8) is 0 Å². The summed E-state index contributed by atoms with van der Waals surface area (Å²) in [6.07, 6.45) is 12.7. The Kier molecular flexibility index (Phi) is 3.10. The number of nitrogens with zero attached hydrogens (tertiary/aromatic N) is 3. The van der Waals surface area contributed by atoms with Crippen LogP contribution in [0, 0.1) is 0 Å². The molecule has 0 aromatic carbocycles. The molecule has 3 rings (SSSR count). The van der Waals surface area contributed by atoms with Gasteiger partial charge in [-0.2, -0.15) is 0 Å². The first-order valence-electron chi connectivity index (χ1n) is 7.07. The molecule has 0 saturated heterocycles. The van der Waals surface area contributed by atoms with Crippen molar-refractivity contribution < 1.29 is 4.79 Å². The van der Waals surface area contributed by atoms with Crippen LogP contribution in [0.1, 0.15) is 51.5 Å². The Balaban J connectivity index is 1.75. The van der Waals surface area contributed by atoms with Gasteiger partial charge in [0.15, 0.2) is 0 Å². The fraction of sp³-hybridized carbons (Fsp3) is 0.714. The average molecular weight is 247 g/mol. The summed E-state index contributed by atoms with van der Waals surface area (Å²) >= 11 is 0. The monoisotopic (exact) mass is 247 g/mol. The topological polar surface area (TPSA) is 38.1 Å². The highest BCUT2D eigenvalue weighted by atomic mass is 16.2. The highest BCUT2D eigenvalue weighted by molar-refractivity contribution is 5.81. The fourth-order valence-electron chi connectivity index (χ4n) is 3.03. The molecule has 18 heavy (non-hydrogen) atoms. The molecule has 98 valence electrons. The van der Waals surface area contributed by atoms with Crippen molar-refractivity contribution in [2.24, 2.45) is 0 Å². The van der Waals surface area contributed by atoms with Crippen molar-refractivity contribution in [2.45, 2.75) is 63.6 Å². The van der Waals surface area contributed by atoms with E-state index in [1.165, 1.54) is 38.5 Å². The first kappa shape index (κ1) is 11.8. The van der Waals surface area contributed by atoms with Gasteiger partial charge in [0.25, 0.3) is 0 Å². The van der Waals surface area contributed by atoms with Crippen LogP contribution in [0.25, 0.3) is 0 Å². The Morgan fingerprint density at radius 2 is 1.94 bits per heavy atom. The third-order valence-corrected chi connectivity index (χ3v) is 4.24. The Labute approximate surface area is 108 Å². The van der Waals surface area contributed by atoms with Crippen molar-refractivity contribution in [1.29, 1.82) is 0 Å². The molecule has 1 heterocycles. The summed E-state index contributed by atoms with van der Waals surface area (Å²) in [5, 5.41) is 0. The molecule has 4 heteroatoms. The van der Waals surface area contributed by atoms with Gasteiger partial charge >= 0.3 is 0 Å². The zero-order valence-corrected chi connectivity index (χ0v) is 11.0. The van der Waals surface area contributed by atoms with E-state index in [2.05, 4.69) is 9.88 Å². The molecule has 0 radical (unpaired) electrons. The number of carbonyl (C=O) groups excluding carboxylic acids is 1. The smallest absolute Gasteiger partial charge is 0.245 e. The van der Waals surface area contributed by atoms with Crippen LogP contribution in [-0.2, 0) is 4.79 Å². The van der Waals surface area contributed by atoms with E-state index in [4.69, 9.17) is 0 Å². The van der Waals surface area contributed by atoms with Crippen molar-refractivity contribution in [3.8, 4) is 0 Å². The van der Waals surface area contributed by atoms with E-state index in [9.17, 15) is 4.79 Å². The van der Waals surface area contributed by atoms with Gasteiger partial charge in [-0.1, -0.05) is 12.8 Å². The van der Waals surface area contributed by atoms with E-state index < -0.39 is 0 Å². The van der Waals surface area contributed by atoms with Crippen LogP contribution < -0.4 is 0 Å². The molecular formula is C14H21N3O. The Morgan fingerprint density at radius 1 is 1.28 bits per heavy atom. The lowest BCUT2D eigenvalue weighted by atomic mass is 10.1. The zero-order chi connectivity index (χ0) is 12.5. The molecule has 4 nitrogen and oxygen atoms in total. The summed E-state index contributed by atoms with van der Waals surface area (Å²) in [7, 11) is 0. The van der Waals surface area contributed by atoms with Crippen LogP contribution >= 0.6 is 0 Å². The fourth-order valence-corrected chi connectivity index (χ4v) is 3.03. The second kappa shape index (κ2) is 4.75. The SMILES string of the molecule is C[C@H](C(=O)N(C1CCCC1)C1CC1)n1ccnc1. The summed E-state index contributed by atoms with van der Waals surface area (Å²) < 4.78 is 1.91. The average Bonchev–Trinajstić information content (AvgIpc) is 2.87. The Bertz CT molecular complexity index is 405. The zero-order valence-electron chi connectivity index (χ0n) is 11.0. The summed E-state index contributed by atoms with van der Waals surface area (Å²) in [6, 6.07) is 0.899. The van der Waals surface area contributed by atoms with Crippen molar-refractivity contribution in [3.05, 3.63) is 18.7 Å². The van der Waals surface area contributed by atoms with Gasteiger partial charge in [0.05, 0.1) is 6.33 Å². The predicted molar refractivity (Wildman–Crippen MR) is 69.1 cm³/mol. The highest BCUT2D eigenvalue weighted by Gasteiger charge is 2.39. The molecule has 0 aliphatic heterocycles. The van der Waals surface area contributed by atoms with E-state index in [1.54, 1.807) is 12.5 Å². The van der Waals surface area contributed by atoms with Crippen molar-refractivity contribution >= 4 is 5.91 Å². The van der Waals surface area contributed by atoms with Crippen molar-refractivity contribution in [1.82, 2.24) is 14.5 Å². The maximum Gasteiger partial charge on any atom is 0.245 e. The van der Waals surface area contributed by atoms with Gasteiger partial charge in [-0.25, -0.2) is 4.98 Å². The first-order valence-corrected chi connectivity index (χ1v) is 7.07. The molecule has 1 atom stereocenters. The quantitative estimate of drug-likeness (QED) is 0.819. The first-order chi connectivity index (χ1) is 8.77. The summed E-state index contributed by atoms with van der Waals surface area (Å²) in [4.78, 5) is 18.9. The minimum atomic E-state index is -0.117. The molecule has 1 aromatic rings. The van der Waals surface area contributed by atoms with E-state index in [0.717, 1.165) is 0 Å². The van der Waals surface area contributed by atoms with Gasteiger partial charge in [0.1, 0.15) is 6.04 Å². The predicted octanol–water partition coefficient (Wildman–Crippen LogP) is 2.38. The number of rotatable bonds is 4. The van der Waals surface area contributed by atoms with Crippen LogP contribution in [0.3, 0.4) is 0 Å². The van der Waals surface area contributed by atoms with Crippen LogP contribution in [0.5, 0.6) is 0 Å². The molecule has 0 bridgehead atoms. The minimum absolute atomic E-state index is 0.117. The van der Waals surface area contributed by atoms with Gasteiger partial charge in [-0.3, -0.25) is 4.79 Å². The lowest BCUT2D eigenvalue weighted by Crippen LogP contribution is -2.43. The summed E-state index contributed by atoms with van der Waals surface area (Å²) in [6.45, 7) is 1.98. The lowest BCUT2D eigenvalue weighted by Gasteiger charge is -2.31. The number of hydrogen-bond donors (Lipinski definition) is 0. The number of hydrogen-bond acceptors (Lipinski definition) is 2. The largest absolute Gasteiger partial charge is 0.335 e. The van der Waals surface area contributed by atoms with Gasteiger partial charge < -0.3 is 9.47 Å². The molecule has 1 amide bonds. The van der Waals surface area contributed by atoms with E-state index >= 15 is 0 Å². The van der Waals surface area contributed by atoms with Crippen LogP contribution in [0.15, 0.2) is 18.7 Å². The van der Waals surface area contributed by atoms with Crippen LogP contribution in [-0.4, -0.2) is 32.4 Å². The van der Waals surface area contributed by atoms with Gasteiger partial charge in [0.2, 0.25) is 5.91 Å². The third-order valence-electron chi connectivity index (χ3n) is 4.24. The van der Waals surface area contributed by atoms with E-state index in [1.807, 2.05) is 17.7 Å². The van der Waals surface area contributed by atoms with Gasteiger partial charge in [-0.05, 0) is 32.6 Å². The number of aromatic nitrogens is 2. The standard InChI is InChI=1S/C14H21N3O/c1-11(16-9-8-15-10-16)14(18)17(13-6-7-13)12-4-2-3-5-12/h8-13H,2-7H2,1H3/t11-/m1/s1. The normalized spacial score (nSPS) is 22.1. The maximum absolute atomic E-state index is 12.7. The minimum Gasteiger partial charge on any atom is -0.335 e. The highest BCUT2D eigenvalue weighted by Crippen LogP contribution is 2.35. The Morgan fingerprint density at radius 3 is 2.50 bits per heavy atom. The maximum atomic E-state index is 12.7. The summed E-state index contributed by atoms with van der Waals surface area (Å²) in [5.74, 6) is 0.280. The van der Waals surface area contributed by atoms with E-state index in [-0.39, 0.29) is 11.9 Å². The summed E-state index contributed by atoms with van der Waals surface area (Å²) in [5.41, 5.74) is 0. The molecule has 0 N–H and O–H groups in total. The molecule has 2 aliphatic carbocycles. The molecule has 1 aromatic heterocycles. The molecule has 2 saturated carbocycles. The van der Waals surface area contributed by atoms with Crippen LogP contribution in [0.2, 0.25) is 0 Å². The molecule has 0 unspecified atom stereocenters.